The Morgan fingerprint density at radius 3 is 2.02 bits per heavy atom. The van der Waals surface area contributed by atoms with Gasteiger partial charge in [0.2, 0.25) is 0 Å². The van der Waals surface area contributed by atoms with Gasteiger partial charge in [-0.2, -0.15) is 13.2 Å². The fraction of sp³-hybridized carbons (Fsp3) is 0.333. The van der Waals surface area contributed by atoms with Gasteiger partial charge in [-0.1, -0.05) is 36.0 Å². The van der Waals surface area contributed by atoms with Crippen LogP contribution in [-0.4, -0.2) is 48.0 Å². The van der Waals surface area contributed by atoms with Crippen LogP contribution in [-0.2, 0) is 19.3 Å². The van der Waals surface area contributed by atoms with Gasteiger partial charge in [-0.3, -0.25) is 0 Å². The maximum Gasteiger partial charge on any atom is 0.418 e. The predicted octanol–water partition coefficient (Wildman–Crippen LogP) is 7.83. The fourth-order valence-corrected chi connectivity index (χ4v) is 6.39. The highest BCUT2D eigenvalue weighted by Crippen LogP contribution is 2.42. The predicted molar refractivity (Wildman–Crippen MR) is 185 cm³/mol. The molecule has 1 atom stereocenters. The Morgan fingerprint density at radius 2 is 1.55 bits per heavy atom. The van der Waals surface area contributed by atoms with Crippen molar-refractivity contribution >= 4 is 34.3 Å². The van der Waals surface area contributed by atoms with E-state index in [1.165, 1.54) is 24.8 Å². The third-order valence-corrected chi connectivity index (χ3v) is 9.38. The standard InChI is InChI=1S/C36H36F3N5O4S/c1-20-17-27(43(18-23-7-11-25(46-4)12-8-23)19-24-9-13-26(47-5)14-10-24)40-31(29(20)36(37,38)39)32-22(3)30-28(34(45)48-32)33(42-35(41-30)49-6)44-16-15-21(44)2/h7-14,17,21H,15-16,18-19H2,1-6H3/t21-/m1/s1. The molecule has 4 heterocycles. The molecule has 9 nitrogen and oxygen atoms in total. The lowest BCUT2D eigenvalue weighted by atomic mass is 10.0. The number of anilines is 2. The summed E-state index contributed by atoms with van der Waals surface area (Å²) in [7, 11) is 3.16. The Labute approximate surface area is 286 Å². The van der Waals surface area contributed by atoms with Crippen LogP contribution in [0.3, 0.4) is 0 Å². The highest BCUT2D eigenvalue weighted by molar-refractivity contribution is 7.98. The molecule has 1 saturated heterocycles. The van der Waals surface area contributed by atoms with E-state index in [4.69, 9.17) is 13.9 Å². The van der Waals surface area contributed by atoms with Gasteiger partial charge >= 0.3 is 11.8 Å². The molecular weight excluding hydrogens is 655 g/mol. The lowest BCUT2D eigenvalue weighted by Crippen LogP contribution is -2.46. The average Bonchev–Trinajstić information content (AvgIpc) is 3.08. The van der Waals surface area contributed by atoms with Gasteiger partial charge in [-0.15, -0.1) is 0 Å². The first-order chi connectivity index (χ1) is 23.4. The van der Waals surface area contributed by atoms with Crippen molar-refractivity contribution < 1.29 is 27.1 Å². The molecular formula is C36H36F3N5O4S. The molecule has 1 aliphatic rings. The molecule has 0 saturated carbocycles. The summed E-state index contributed by atoms with van der Waals surface area (Å²) < 4.78 is 61.0. The van der Waals surface area contributed by atoms with E-state index >= 15 is 0 Å². The summed E-state index contributed by atoms with van der Waals surface area (Å²) in [6.07, 6.45) is -2.06. The Kier molecular flexibility index (Phi) is 9.47. The summed E-state index contributed by atoms with van der Waals surface area (Å²) in [5.41, 5.74) is -0.0482. The van der Waals surface area contributed by atoms with Crippen molar-refractivity contribution in [2.24, 2.45) is 0 Å². The minimum Gasteiger partial charge on any atom is -0.497 e. The maximum absolute atomic E-state index is 14.9. The van der Waals surface area contributed by atoms with E-state index < -0.39 is 23.1 Å². The third kappa shape index (κ3) is 6.76. The number of hydrogen-bond donors (Lipinski definition) is 0. The van der Waals surface area contributed by atoms with Crippen molar-refractivity contribution in [1.82, 2.24) is 15.0 Å². The van der Waals surface area contributed by atoms with E-state index in [0.717, 1.165) is 17.5 Å². The number of hydrogen-bond acceptors (Lipinski definition) is 10. The molecule has 0 spiro atoms. The van der Waals surface area contributed by atoms with Crippen LogP contribution < -0.4 is 24.9 Å². The summed E-state index contributed by atoms with van der Waals surface area (Å²) in [5, 5.41) is 0.549. The van der Waals surface area contributed by atoms with Crippen LogP contribution in [0.25, 0.3) is 22.4 Å². The number of thioether (sulfide) groups is 1. The second-order valence-corrected chi connectivity index (χ2v) is 12.8. The number of ether oxygens (including phenoxy) is 2. The average molecular weight is 692 g/mol. The van der Waals surface area contributed by atoms with Crippen LogP contribution in [0, 0.1) is 13.8 Å². The molecule has 3 aromatic heterocycles. The minimum absolute atomic E-state index is 0.0632. The van der Waals surface area contributed by atoms with Crippen molar-refractivity contribution in [3.8, 4) is 23.0 Å². The molecule has 256 valence electrons. The van der Waals surface area contributed by atoms with Gasteiger partial charge in [0.25, 0.3) is 0 Å². The second-order valence-electron chi connectivity index (χ2n) is 12.0. The maximum atomic E-state index is 14.9. The van der Waals surface area contributed by atoms with E-state index in [-0.39, 0.29) is 39.6 Å². The zero-order valence-corrected chi connectivity index (χ0v) is 28.8. The number of alkyl halides is 3. The number of halogens is 3. The number of fused-ring (bicyclic) bond motifs is 1. The topological polar surface area (TPSA) is 93.8 Å². The Balaban J connectivity index is 1.55. The molecule has 0 unspecified atom stereocenters. The molecule has 5 aromatic rings. The number of aryl methyl sites for hydroxylation is 2. The van der Waals surface area contributed by atoms with Crippen LogP contribution >= 0.6 is 11.8 Å². The fourth-order valence-electron chi connectivity index (χ4n) is 6.03. The van der Waals surface area contributed by atoms with Crippen molar-refractivity contribution in [1.29, 1.82) is 0 Å². The number of nitrogens with zero attached hydrogens (tertiary/aromatic N) is 5. The molecule has 0 amide bonds. The summed E-state index contributed by atoms with van der Waals surface area (Å²) in [6.45, 7) is 6.35. The summed E-state index contributed by atoms with van der Waals surface area (Å²) >= 11 is 1.29. The lowest BCUT2D eigenvalue weighted by molar-refractivity contribution is -0.137. The number of methoxy groups -OCH3 is 2. The first kappa shape index (κ1) is 34.1. The molecule has 0 bridgehead atoms. The Bertz CT molecular complexity index is 2000. The van der Waals surface area contributed by atoms with Gasteiger partial charge < -0.3 is 23.7 Å². The summed E-state index contributed by atoms with van der Waals surface area (Å²) in [6, 6.07) is 16.4. The van der Waals surface area contributed by atoms with Gasteiger partial charge in [0.05, 0.1) is 25.3 Å². The summed E-state index contributed by atoms with van der Waals surface area (Å²) in [5.74, 6) is 1.78. The first-order valence-corrected chi connectivity index (χ1v) is 16.9. The van der Waals surface area contributed by atoms with Gasteiger partial charge in [0, 0.05) is 31.2 Å². The van der Waals surface area contributed by atoms with Crippen LogP contribution in [0.5, 0.6) is 11.5 Å². The van der Waals surface area contributed by atoms with Gasteiger partial charge in [0.1, 0.15) is 34.2 Å². The number of rotatable bonds is 10. The van der Waals surface area contributed by atoms with Crippen LogP contribution in [0.4, 0.5) is 24.8 Å². The molecule has 0 aliphatic carbocycles. The van der Waals surface area contributed by atoms with Gasteiger partial charge in [-0.05, 0) is 80.5 Å². The highest BCUT2D eigenvalue weighted by Gasteiger charge is 2.39. The number of pyridine rings is 1. The zero-order valence-electron chi connectivity index (χ0n) is 28.0. The van der Waals surface area contributed by atoms with E-state index in [1.54, 1.807) is 21.1 Å². The molecule has 2 aromatic carbocycles. The van der Waals surface area contributed by atoms with E-state index in [0.29, 0.717) is 42.1 Å². The minimum atomic E-state index is -4.80. The monoisotopic (exact) mass is 691 g/mol. The molecule has 13 heteroatoms. The van der Waals surface area contributed by atoms with E-state index in [9.17, 15) is 18.0 Å². The summed E-state index contributed by atoms with van der Waals surface area (Å²) in [4.78, 5) is 31.4. The molecule has 1 aliphatic heterocycles. The normalized spacial score (nSPS) is 14.6. The quantitative estimate of drug-likeness (QED) is 0.107. The second kappa shape index (κ2) is 13.6. The van der Waals surface area contributed by atoms with Crippen LogP contribution in [0.2, 0.25) is 0 Å². The molecule has 49 heavy (non-hydrogen) atoms. The van der Waals surface area contributed by atoms with Gasteiger partial charge in [0.15, 0.2) is 10.9 Å². The third-order valence-electron chi connectivity index (χ3n) is 8.83. The SMILES string of the molecule is COc1ccc(CN(Cc2ccc(OC)cc2)c2cc(C)c(C(F)(F)F)c(-c3oc(=O)c4c(N5CC[C@H]5C)nc(SC)nc4c3C)n2)cc1. The molecule has 6 rings (SSSR count). The van der Waals surface area contributed by atoms with Crippen molar-refractivity contribution in [3.05, 3.63) is 92.8 Å². The number of aromatic nitrogens is 3. The van der Waals surface area contributed by atoms with Crippen molar-refractivity contribution in [2.45, 2.75) is 57.7 Å². The Hall–Kier alpha value is -4.78. The largest absolute Gasteiger partial charge is 0.497 e. The van der Waals surface area contributed by atoms with Crippen molar-refractivity contribution in [3.63, 3.8) is 0 Å². The first-order valence-electron chi connectivity index (χ1n) is 15.7. The van der Waals surface area contributed by atoms with Crippen LogP contribution in [0.1, 0.15) is 41.2 Å². The van der Waals surface area contributed by atoms with Gasteiger partial charge in [-0.25, -0.2) is 19.7 Å². The van der Waals surface area contributed by atoms with E-state index in [2.05, 4.69) is 15.0 Å². The smallest absolute Gasteiger partial charge is 0.418 e. The Morgan fingerprint density at radius 1 is 0.959 bits per heavy atom. The van der Waals surface area contributed by atoms with Crippen LogP contribution in [0.15, 0.2) is 69.0 Å². The zero-order chi connectivity index (χ0) is 35.0. The highest BCUT2D eigenvalue weighted by atomic mass is 32.2. The lowest BCUT2D eigenvalue weighted by Gasteiger charge is -2.40. The van der Waals surface area contributed by atoms with E-state index in [1.807, 2.05) is 71.5 Å². The molecule has 0 N–H and O–H groups in total. The molecule has 1 fully saturated rings. The molecule has 0 radical (unpaired) electrons. The number of benzene rings is 2. The van der Waals surface area contributed by atoms with Crippen molar-refractivity contribution in [2.75, 3.05) is 36.8 Å².